The van der Waals surface area contributed by atoms with Crippen LogP contribution in [-0.4, -0.2) is 61.7 Å². The minimum Gasteiger partial charge on any atom is -0.313 e. The highest BCUT2D eigenvalue weighted by molar-refractivity contribution is 4.75. The first-order valence-electron chi connectivity index (χ1n) is 7.30. The molecule has 17 heavy (non-hydrogen) atoms. The summed E-state index contributed by atoms with van der Waals surface area (Å²) in [7, 11) is 0. The maximum atomic E-state index is 3.57. The number of hydrogen-bond donors (Lipinski definition) is 1. The molecule has 102 valence electrons. The third-order valence-corrected chi connectivity index (χ3v) is 3.36. The van der Waals surface area contributed by atoms with E-state index in [9.17, 15) is 0 Å². The fourth-order valence-corrected chi connectivity index (χ4v) is 2.51. The Bertz CT molecular complexity index is 186. The van der Waals surface area contributed by atoms with E-state index in [0.717, 1.165) is 12.5 Å². The van der Waals surface area contributed by atoms with Crippen LogP contribution in [0.5, 0.6) is 0 Å². The second kappa shape index (κ2) is 8.06. The predicted octanol–water partition coefficient (Wildman–Crippen LogP) is 1.65. The minimum absolute atomic E-state index is 0.631. The van der Waals surface area contributed by atoms with Crippen LogP contribution in [0.3, 0.4) is 0 Å². The summed E-state index contributed by atoms with van der Waals surface area (Å²) in [6.45, 7) is 17.7. The summed E-state index contributed by atoms with van der Waals surface area (Å²) in [6, 6.07) is 0.631. The lowest BCUT2D eigenvalue weighted by Crippen LogP contribution is -2.50. The summed E-state index contributed by atoms with van der Waals surface area (Å²) in [5.74, 6) is 0.798. The normalized spacial score (nSPS) is 21.0. The predicted molar refractivity (Wildman–Crippen MR) is 75.5 cm³/mol. The molecule has 1 unspecified atom stereocenters. The third-order valence-electron chi connectivity index (χ3n) is 3.36. The SMILES string of the molecule is CCCNC(C)CN1CCN(CC(C)C)CC1. The van der Waals surface area contributed by atoms with Crippen LogP contribution in [0.25, 0.3) is 0 Å². The van der Waals surface area contributed by atoms with Crippen molar-refractivity contribution in [3.05, 3.63) is 0 Å². The molecular weight excluding hydrogens is 210 g/mol. The zero-order valence-corrected chi connectivity index (χ0v) is 12.2. The number of rotatable bonds is 7. The summed E-state index contributed by atoms with van der Waals surface area (Å²) in [5.41, 5.74) is 0. The van der Waals surface area contributed by atoms with Gasteiger partial charge in [0.2, 0.25) is 0 Å². The van der Waals surface area contributed by atoms with Gasteiger partial charge in [-0.15, -0.1) is 0 Å². The van der Waals surface area contributed by atoms with Crippen LogP contribution in [0.15, 0.2) is 0 Å². The minimum atomic E-state index is 0.631. The molecule has 0 aliphatic carbocycles. The Hall–Kier alpha value is -0.120. The lowest BCUT2D eigenvalue weighted by Gasteiger charge is -2.36. The van der Waals surface area contributed by atoms with Gasteiger partial charge in [-0.05, 0) is 25.8 Å². The van der Waals surface area contributed by atoms with Gasteiger partial charge >= 0.3 is 0 Å². The number of nitrogens with zero attached hydrogens (tertiary/aromatic N) is 2. The van der Waals surface area contributed by atoms with E-state index in [1.54, 1.807) is 0 Å². The molecule has 1 aliphatic rings. The van der Waals surface area contributed by atoms with Crippen molar-refractivity contribution in [3.63, 3.8) is 0 Å². The average Bonchev–Trinajstić information content (AvgIpc) is 2.28. The molecule has 0 radical (unpaired) electrons. The standard InChI is InChI=1S/C14H31N3/c1-5-6-15-14(4)12-17-9-7-16(8-10-17)11-13(2)3/h13-15H,5-12H2,1-4H3. The molecular formula is C14H31N3. The molecule has 1 fully saturated rings. The van der Waals surface area contributed by atoms with Crippen LogP contribution in [0.2, 0.25) is 0 Å². The highest BCUT2D eigenvalue weighted by Gasteiger charge is 2.18. The quantitative estimate of drug-likeness (QED) is 0.731. The van der Waals surface area contributed by atoms with Crippen molar-refractivity contribution in [1.82, 2.24) is 15.1 Å². The summed E-state index contributed by atoms with van der Waals surface area (Å²) in [4.78, 5) is 5.20. The van der Waals surface area contributed by atoms with E-state index >= 15 is 0 Å². The molecule has 0 aromatic carbocycles. The third kappa shape index (κ3) is 6.39. The molecule has 1 heterocycles. The Morgan fingerprint density at radius 3 is 1.94 bits per heavy atom. The first kappa shape index (κ1) is 14.9. The largest absolute Gasteiger partial charge is 0.313 e. The van der Waals surface area contributed by atoms with Crippen molar-refractivity contribution in [1.29, 1.82) is 0 Å². The van der Waals surface area contributed by atoms with E-state index in [-0.39, 0.29) is 0 Å². The highest BCUT2D eigenvalue weighted by Crippen LogP contribution is 2.05. The van der Waals surface area contributed by atoms with Crippen LogP contribution >= 0.6 is 0 Å². The zero-order valence-electron chi connectivity index (χ0n) is 12.2. The Labute approximate surface area is 108 Å². The second-order valence-electron chi connectivity index (χ2n) is 5.85. The molecule has 0 bridgehead atoms. The molecule has 0 spiro atoms. The highest BCUT2D eigenvalue weighted by atomic mass is 15.3. The number of nitrogens with one attached hydrogen (secondary N) is 1. The van der Waals surface area contributed by atoms with Crippen molar-refractivity contribution in [2.45, 2.75) is 40.2 Å². The summed E-state index contributed by atoms with van der Waals surface area (Å²) >= 11 is 0. The van der Waals surface area contributed by atoms with Crippen LogP contribution in [0, 0.1) is 5.92 Å². The fraction of sp³-hybridized carbons (Fsp3) is 1.00. The van der Waals surface area contributed by atoms with Gasteiger partial charge in [0.15, 0.2) is 0 Å². The fourth-order valence-electron chi connectivity index (χ4n) is 2.51. The topological polar surface area (TPSA) is 18.5 Å². The van der Waals surface area contributed by atoms with Gasteiger partial charge < -0.3 is 10.2 Å². The van der Waals surface area contributed by atoms with Crippen LogP contribution in [0.1, 0.15) is 34.1 Å². The second-order valence-corrected chi connectivity index (χ2v) is 5.85. The van der Waals surface area contributed by atoms with Crippen LogP contribution in [0.4, 0.5) is 0 Å². The Balaban J connectivity index is 2.14. The zero-order chi connectivity index (χ0) is 12.7. The number of piperazine rings is 1. The first-order valence-corrected chi connectivity index (χ1v) is 7.30. The Kier molecular flexibility index (Phi) is 7.09. The van der Waals surface area contributed by atoms with Gasteiger partial charge in [-0.1, -0.05) is 20.8 Å². The van der Waals surface area contributed by atoms with E-state index in [0.29, 0.717) is 6.04 Å². The molecule has 3 heteroatoms. The summed E-state index contributed by atoms with van der Waals surface area (Å²) in [6.07, 6.45) is 1.23. The average molecular weight is 241 g/mol. The number of hydrogen-bond acceptors (Lipinski definition) is 3. The van der Waals surface area contributed by atoms with Crippen molar-refractivity contribution >= 4 is 0 Å². The summed E-state index contributed by atoms with van der Waals surface area (Å²) in [5, 5.41) is 3.57. The smallest absolute Gasteiger partial charge is 0.0166 e. The van der Waals surface area contributed by atoms with Gasteiger partial charge in [-0.25, -0.2) is 0 Å². The maximum absolute atomic E-state index is 3.57. The van der Waals surface area contributed by atoms with E-state index in [1.165, 1.54) is 45.7 Å². The molecule has 1 atom stereocenters. The van der Waals surface area contributed by atoms with Gasteiger partial charge in [0.05, 0.1) is 0 Å². The molecule has 0 amide bonds. The molecule has 0 aromatic rings. The van der Waals surface area contributed by atoms with Gasteiger partial charge in [0, 0.05) is 45.3 Å². The van der Waals surface area contributed by atoms with Gasteiger partial charge in [-0.3, -0.25) is 4.90 Å². The molecule has 1 N–H and O–H groups in total. The van der Waals surface area contributed by atoms with Crippen LogP contribution < -0.4 is 5.32 Å². The lowest BCUT2D eigenvalue weighted by molar-refractivity contribution is 0.115. The van der Waals surface area contributed by atoms with Crippen molar-refractivity contribution in [2.24, 2.45) is 5.92 Å². The van der Waals surface area contributed by atoms with Crippen molar-refractivity contribution in [3.8, 4) is 0 Å². The van der Waals surface area contributed by atoms with Crippen molar-refractivity contribution in [2.75, 3.05) is 45.8 Å². The molecule has 0 aromatic heterocycles. The first-order chi connectivity index (χ1) is 8.11. The van der Waals surface area contributed by atoms with E-state index < -0.39 is 0 Å². The van der Waals surface area contributed by atoms with Gasteiger partial charge in [0.25, 0.3) is 0 Å². The Morgan fingerprint density at radius 1 is 0.941 bits per heavy atom. The van der Waals surface area contributed by atoms with Gasteiger partial charge in [0.1, 0.15) is 0 Å². The molecule has 1 saturated heterocycles. The maximum Gasteiger partial charge on any atom is 0.0166 e. The molecule has 0 saturated carbocycles. The molecule has 1 aliphatic heterocycles. The van der Waals surface area contributed by atoms with E-state index in [4.69, 9.17) is 0 Å². The summed E-state index contributed by atoms with van der Waals surface area (Å²) < 4.78 is 0. The van der Waals surface area contributed by atoms with Gasteiger partial charge in [-0.2, -0.15) is 0 Å². The lowest BCUT2D eigenvalue weighted by atomic mass is 10.2. The van der Waals surface area contributed by atoms with E-state index in [1.807, 2.05) is 0 Å². The van der Waals surface area contributed by atoms with Crippen LogP contribution in [-0.2, 0) is 0 Å². The Morgan fingerprint density at radius 2 is 1.47 bits per heavy atom. The molecule has 3 nitrogen and oxygen atoms in total. The van der Waals surface area contributed by atoms with E-state index in [2.05, 4.69) is 42.8 Å². The molecule has 1 rings (SSSR count). The van der Waals surface area contributed by atoms with Crippen molar-refractivity contribution < 1.29 is 0 Å². The monoisotopic (exact) mass is 241 g/mol.